The predicted octanol–water partition coefficient (Wildman–Crippen LogP) is 2.85. The molecule has 10 heavy (non-hydrogen) atoms. The molecule has 0 radical (unpaired) electrons. The van der Waals surface area contributed by atoms with Crippen LogP contribution in [0.15, 0.2) is 0 Å². The first kappa shape index (κ1) is 9.96. The van der Waals surface area contributed by atoms with Crippen molar-refractivity contribution in [3.8, 4) is 0 Å². The molecule has 0 saturated carbocycles. The maximum atomic E-state index is 5.45. The maximum absolute atomic E-state index is 5.45. The molecule has 0 bridgehead atoms. The van der Waals surface area contributed by atoms with Gasteiger partial charge in [-0.25, -0.2) is 0 Å². The van der Waals surface area contributed by atoms with Gasteiger partial charge in [-0.15, -0.1) is 0 Å². The first-order valence-electron chi connectivity index (χ1n) is 4.27. The lowest BCUT2D eigenvalue weighted by Crippen LogP contribution is -2.24. The first-order valence-corrected chi connectivity index (χ1v) is 4.27. The Bertz CT molecular complexity index is 86.7. The van der Waals surface area contributed by atoms with Crippen LogP contribution in [0.4, 0.5) is 0 Å². The van der Waals surface area contributed by atoms with E-state index in [1.165, 1.54) is 6.42 Å². The van der Waals surface area contributed by atoms with Gasteiger partial charge in [0.1, 0.15) is 0 Å². The summed E-state index contributed by atoms with van der Waals surface area (Å²) < 4.78 is 5.45. The Morgan fingerprint density at radius 2 is 1.80 bits per heavy atom. The standard InChI is InChI=1S/C7H14O.C2H6/c1-6-4-5-8-7(6,2)3;1-2/h6H,4-5H2,1-3H3;1-2H3. The largest absolute Gasteiger partial charge is 0.375 e. The van der Waals surface area contributed by atoms with Crippen LogP contribution in [0.2, 0.25) is 0 Å². The summed E-state index contributed by atoms with van der Waals surface area (Å²) in [5, 5.41) is 0. The minimum absolute atomic E-state index is 0.153. The molecule has 1 heterocycles. The molecule has 0 aromatic carbocycles. The molecular weight excluding hydrogens is 124 g/mol. The van der Waals surface area contributed by atoms with Crippen molar-refractivity contribution in [2.75, 3.05) is 6.61 Å². The van der Waals surface area contributed by atoms with Crippen molar-refractivity contribution < 1.29 is 4.74 Å². The molecule has 1 atom stereocenters. The molecule has 1 unspecified atom stereocenters. The molecule has 1 heteroatoms. The molecule has 0 N–H and O–H groups in total. The zero-order valence-corrected chi connectivity index (χ0v) is 7.90. The highest BCUT2D eigenvalue weighted by Gasteiger charge is 2.31. The zero-order valence-electron chi connectivity index (χ0n) is 7.90. The van der Waals surface area contributed by atoms with Crippen LogP contribution in [0.1, 0.15) is 41.0 Å². The molecule has 1 aliphatic rings. The fraction of sp³-hybridized carbons (Fsp3) is 1.00. The average molecular weight is 144 g/mol. The number of rotatable bonds is 0. The maximum Gasteiger partial charge on any atom is 0.0652 e. The third kappa shape index (κ3) is 2.30. The molecule has 1 nitrogen and oxygen atoms in total. The normalized spacial score (nSPS) is 29.1. The topological polar surface area (TPSA) is 9.23 Å². The van der Waals surface area contributed by atoms with E-state index in [1.54, 1.807) is 0 Å². The summed E-state index contributed by atoms with van der Waals surface area (Å²) in [6.07, 6.45) is 1.23. The van der Waals surface area contributed by atoms with Gasteiger partial charge in [0.25, 0.3) is 0 Å². The highest BCUT2D eigenvalue weighted by molar-refractivity contribution is 4.80. The molecule has 0 aromatic rings. The average Bonchev–Trinajstić information content (AvgIpc) is 2.17. The number of hydrogen-bond donors (Lipinski definition) is 0. The lowest BCUT2D eigenvalue weighted by atomic mass is 9.93. The highest BCUT2D eigenvalue weighted by atomic mass is 16.5. The van der Waals surface area contributed by atoms with E-state index >= 15 is 0 Å². The van der Waals surface area contributed by atoms with E-state index in [0.29, 0.717) is 0 Å². The van der Waals surface area contributed by atoms with Crippen molar-refractivity contribution in [2.24, 2.45) is 5.92 Å². The fourth-order valence-corrected chi connectivity index (χ4v) is 0.989. The van der Waals surface area contributed by atoms with Gasteiger partial charge in [0, 0.05) is 6.61 Å². The molecule has 1 aliphatic heterocycles. The SMILES string of the molecule is CC.CC1CCOC1(C)C. The van der Waals surface area contributed by atoms with Crippen molar-refractivity contribution in [3.63, 3.8) is 0 Å². The zero-order chi connectivity index (χ0) is 8.20. The van der Waals surface area contributed by atoms with Gasteiger partial charge in [-0.05, 0) is 26.2 Å². The van der Waals surface area contributed by atoms with Crippen molar-refractivity contribution in [2.45, 2.75) is 46.6 Å². The third-order valence-electron chi connectivity index (χ3n) is 2.21. The van der Waals surface area contributed by atoms with E-state index in [1.807, 2.05) is 13.8 Å². The van der Waals surface area contributed by atoms with Crippen LogP contribution in [0.3, 0.4) is 0 Å². The highest BCUT2D eigenvalue weighted by Crippen LogP contribution is 2.30. The quantitative estimate of drug-likeness (QED) is 0.508. The van der Waals surface area contributed by atoms with Crippen LogP contribution in [0.25, 0.3) is 0 Å². The van der Waals surface area contributed by atoms with Gasteiger partial charge in [0.2, 0.25) is 0 Å². The summed E-state index contributed by atoms with van der Waals surface area (Å²) in [6, 6.07) is 0. The van der Waals surface area contributed by atoms with Crippen molar-refractivity contribution >= 4 is 0 Å². The summed E-state index contributed by atoms with van der Waals surface area (Å²) in [4.78, 5) is 0. The Labute approximate surface area is 64.8 Å². The minimum atomic E-state index is 0.153. The molecule has 1 fully saturated rings. The lowest BCUT2D eigenvalue weighted by molar-refractivity contribution is 0.0153. The molecule has 0 aliphatic carbocycles. The second kappa shape index (κ2) is 3.97. The predicted molar refractivity (Wildman–Crippen MR) is 45.2 cm³/mol. The van der Waals surface area contributed by atoms with E-state index in [2.05, 4.69) is 20.8 Å². The molecule has 62 valence electrons. The summed E-state index contributed by atoms with van der Waals surface area (Å²) in [6.45, 7) is 11.5. The summed E-state index contributed by atoms with van der Waals surface area (Å²) in [5.74, 6) is 0.738. The Balaban J connectivity index is 0.000000371. The van der Waals surface area contributed by atoms with E-state index in [9.17, 15) is 0 Å². The Kier molecular flexibility index (Phi) is 3.95. The van der Waals surface area contributed by atoms with Gasteiger partial charge >= 0.3 is 0 Å². The van der Waals surface area contributed by atoms with E-state index in [-0.39, 0.29) is 5.60 Å². The molecule has 0 aromatic heterocycles. The van der Waals surface area contributed by atoms with Gasteiger partial charge in [-0.2, -0.15) is 0 Å². The van der Waals surface area contributed by atoms with Crippen molar-refractivity contribution in [3.05, 3.63) is 0 Å². The Hall–Kier alpha value is -0.0400. The van der Waals surface area contributed by atoms with Gasteiger partial charge < -0.3 is 4.74 Å². The number of ether oxygens (including phenoxy) is 1. The van der Waals surface area contributed by atoms with Crippen LogP contribution < -0.4 is 0 Å². The van der Waals surface area contributed by atoms with Gasteiger partial charge in [-0.1, -0.05) is 20.8 Å². The van der Waals surface area contributed by atoms with Gasteiger partial charge in [0.05, 0.1) is 5.60 Å². The molecule has 0 amide bonds. The molecular formula is C9H20O. The Morgan fingerprint density at radius 1 is 1.30 bits per heavy atom. The number of hydrogen-bond acceptors (Lipinski definition) is 1. The van der Waals surface area contributed by atoms with Crippen molar-refractivity contribution in [1.82, 2.24) is 0 Å². The monoisotopic (exact) mass is 144 g/mol. The minimum Gasteiger partial charge on any atom is -0.375 e. The van der Waals surface area contributed by atoms with Gasteiger partial charge in [-0.3, -0.25) is 0 Å². The van der Waals surface area contributed by atoms with Crippen molar-refractivity contribution in [1.29, 1.82) is 0 Å². The third-order valence-corrected chi connectivity index (χ3v) is 2.21. The fourth-order valence-electron chi connectivity index (χ4n) is 0.989. The first-order chi connectivity index (χ1) is 4.63. The van der Waals surface area contributed by atoms with Crippen LogP contribution in [-0.2, 0) is 4.74 Å². The summed E-state index contributed by atoms with van der Waals surface area (Å²) in [5.41, 5.74) is 0.153. The Morgan fingerprint density at radius 3 is 1.90 bits per heavy atom. The molecule has 1 rings (SSSR count). The smallest absolute Gasteiger partial charge is 0.0652 e. The van der Waals surface area contributed by atoms with E-state index in [4.69, 9.17) is 4.74 Å². The second-order valence-corrected chi connectivity index (χ2v) is 3.14. The van der Waals surface area contributed by atoms with Gasteiger partial charge in [0.15, 0.2) is 0 Å². The van der Waals surface area contributed by atoms with E-state index in [0.717, 1.165) is 12.5 Å². The lowest BCUT2D eigenvalue weighted by Gasteiger charge is -2.21. The van der Waals surface area contributed by atoms with Crippen LogP contribution in [-0.4, -0.2) is 12.2 Å². The molecule has 0 spiro atoms. The second-order valence-electron chi connectivity index (χ2n) is 3.14. The summed E-state index contributed by atoms with van der Waals surface area (Å²) in [7, 11) is 0. The van der Waals surface area contributed by atoms with Crippen LogP contribution in [0, 0.1) is 5.92 Å². The van der Waals surface area contributed by atoms with E-state index < -0.39 is 0 Å². The molecule has 1 saturated heterocycles. The van der Waals surface area contributed by atoms with Crippen LogP contribution in [0.5, 0.6) is 0 Å². The van der Waals surface area contributed by atoms with Crippen LogP contribution >= 0.6 is 0 Å². The summed E-state index contributed by atoms with van der Waals surface area (Å²) >= 11 is 0.